The first kappa shape index (κ1) is 18.8. The lowest BCUT2D eigenvalue weighted by Crippen LogP contribution is -2.32. The minimum atomic E-state index is -0.0556. The highest BCUT2D eigenvalue weighted by Crippen LogP contribution is 2.34. The summed E-state index contributed by atoms with van der Waals surface area (Å²) in [5.41, 5.74) is 3.79. The van der Waals surface area contributed by atoms with Crippen molar-refractivity contribution >= 4 is 17.1 Å². The molecule has 2 fully saturated rings. The van der Waals surface area contributed by atoms with Gasteiger partial charge in [-0.2, -0.15) is 10.1 Å². The zero-order chi connectivity index (χ0) is 20.9. The van der Waals surface area contributed by atoms with Gasteiger partial charge in [-0.25, -0.2) is 9.97 Å². The van der Waals surface area contributed by atoms with Gasteiger partial charge in [-0.05, 0) is 39.0 Å². The number of likely N-dealkylation sites (tertiary alicyclic amines) is 1. The maximum atomic E-state index is 12.4. The van der Waals surface area contributed by atoms with Crippen molar-refractivity contribution in [2.45, 2.75) is 64.6 Å². The van der Waals surface area contributed by atoms with Gasteiger partial charge in [0, 0.05) is 37.7 Å². The Balaban J connectivity index is 1.32. The summed E-state index contributed by atoms with van der Waals surface area (Å²) >= 11 is 0. The summed E-state index contributed by atoms with van der Waals surface area (Å²) in [7, 11) is 0. The molecule has 9 nitrogen and oxygen atoms in total. The SMILES string of the molecule is CCn1c(-c2cnn3c2CCCC3)nc2c(OC3CCN(C(=O)C4CC4)C3)ncnc21. The summed E-state index contributed by atoms with van der Waals surface area (Å²) in [5.74, 6) is 1.91. The van der Waals surface area contributed by atoms with Crippen molar-refractivity contribution in [1.82, 2.24) is 34.2 Å². The predicted octanol–water partition coefficient (Wildman–Crippen LogP) is 2.44. The Bertz CT molecular complexity index is 1150. The van der Waals surface area contributed by atoms with Crippen LogP contribution in [0, 0.1) is 5.92 Å². The van der Waals surface area contributed by atoms with Crippen LogP contribution in [-0.4, -0.2) is 59.3 Å². The van der Waals surface area contributed by atoms with E-state index in [1.54, 1.807) is 6.33 Å². The van der Waals surface area contributed by atoms with Crippen LogP contribution >= 0.6 is 0 Å². The van der Waals surface area contributed by atoms with E-state index in [-0.39, 0.29) is 17.9 Å². The van der Waals surface area contributed by atoms with E-state index in [0.717, 1.165) is 62.4 Å². The number of nitrogens with zero attached hydrogens (tertiary/aromatic N) is 7. The lowest BCUT2D eigenvalue weighted by Gasteiger charge is -2.16. The molecule has 3 aromatic rings. The Morgan fingerprint density at radius 3 is 2.94 bits per heavy atom. The molecule has 0 bridgehead atoms. The Kier molecular flexibility index (Phi) is 4.43. The van der Waals surface area contributed by atoms with Gasteiger partial charge in [-0.3, -0.25) is 9.48 Å². The molecule has 1 saturated carbocycles. The number of rotatable bonds is 5. The van der Waals surface area contributed by atoms with Gasteiger partial charge in [0.25, 0.3) is 0 Å². The molecule has 0 N–H and O–H groups in total. The van der Waals surface area contributed by atoms with E-state index >= 15 is 0 Å². The van der Waals surface area contributed by atoms with Crippen molar-refractivity contribution in [3.05, 3.63) is 18.2 Å². The number of carbonyl (C=O) groups is 1. The van der Waals surface area contributed by atoms with Crippen molar-refractivity contribution in [2.24, 2.45) is 5.92 Å². The van der Waals surface area contributed by atoms with Crippen LogP contribution in [0.2, 0.25) is 0 Å². The Hall–Kier alpha value is -2.97. The molecule has 0 radical (unpaired) electrons. The summed E-state index contributed by atoms with van der Waals surface area (Å²) in [4.78, 5) is 28.2. The quantitative estimate of drug-likeness (QED) is 0.628. The van der Waals surface area contributed by atoms with Gasteiger partial charge in [-0.1, -0.05) is 0 Å². The summed E-state index contributed by atoms with van der Waals surface area (Å²) in [6.45, 7) is 5.19. The van der Waals surface area contributed by atoms with Gasteiger partial charge >= 0.3 is 0 Å². The molecule has 5 heterocycles. The van der Waals surface area contributed by atoms with Gasteiger partial charge in [0.05, 0.1) is 18.3 Å². The minimum Gasteiger partial charge on any atom is -0.471 e. The van der Waals surface area contributed by atoms with Gasteiger partial charge in [0.15, 0.2) is 11.2 Å². The second-order valence-corrected chi connectivity index (χ2v) is 8.80. The first-order chi connectivity index (χ1) is 15.2. The third kappa shape index (κ3) is 3.18. The summed E-state index contributed by atoms with van der Waals surface area (Å²) in [6.07, 6.45) is 9.67. The number of hydrogen-bond acceptors (Lipinski definition) is 6. The molecule has 2 aliphatic heterocycles. The summed E-state index contributed by atoms with van der Waals surface area (Å²) in [5, 5.41) is 4.59. The van der Waals surface area contributed by atoms with Crippen LogP contribution < -0.4 is 4.74 Å². The van der Waals surface area contributed by atoms with Gasteiger partial charge < -0.3 is 14.2 Å². The molecule has 162 valence electrons. The fourth-order valence-corrected chi connectivity index (χ4v) is 4.89. The van der Waals surface area contributed by atoms with Crippen molar-refractivity contribution in [2.75, 3.05) is 13.1 Å². The van der Waals surface area contributed by atoms with Crippen molar-refractivity contribution in [3.63, 3.8) is 0 Å². The maximum absolute atomic E-state index is 12.4. The van der Waals surface area contributed by atoms with E-state index in [1.165, 1.54) is 18.5 Å². The maximum Gasteiger partial charge on any atom is 0.245 e. The van der Waals surface area contributed by atoms with E-state index in [4.69, 9.17) is 9.72 Å². The average molecular weight is 422 g/mol. The third-order valence-electron chi connectivity index (χ3n) is 6.70. The molecule has 1 aliphatic carbocycles. The lowest BCUT2D eigenvalue weighted by molar-refractivity contribution is -0.131. The molecule has 1 saturated heterocycles. The van der Waals surface area contributed by atoms with Crippen molar-refractivity contribution in [1.29, 1.82) is 0 Å². The van der Waals surface area contributed by atoms with E-state index in [0.29, 0.717) is 17.9 Å². The van der Waals surface area contributed by atoms with Crippen LogP contribution in [0.4, 0.5) is 0 Å². The van der Waals surface area contributed by atoms with Crippen LogP contribution in [0.25, 0.3) is 22.6 Å². The van der Waals surface area contributed by atoms with Crippen molar-refractivity contribution in [3.8, 4) is 17.3 Å². The third-order valence-corrected chi connectivity index (χ3v) is 6.70. The monoisotopic (exact) mass is 421 g/mol. The standard InChI is InChI=1S/C22H27N7O2/c1-2-28-19(16-11-25-29-9-4-3-5-17(16)29)26-18-20(28)23-13-24-21(18)31-15-8-10-27(12-15)22(30)14-6-7-14/h11,13-15H,2-10,12H2,1H3. The van der Waals surface area contributed by atoms with Crippen LogP contribution in [0.1, 0.15) is 44.7 Å². The second kappa shape index (κ2) is 7.32. The van der Waals surface area contributed by atoms with E-state index in [2.05, 4.69) is 31.2 Å². The van der Waals surface area contributed by atoms with Crippen LogP contribution in [0.5, 0.6) is 5.88 Å². The van der Waals surface area contributed by atoms with Crippen molar-refractivity contribution < 1.29 is 9.53 Å². The fraction of sp³-hybridized carbons (Fsp3) is 0.591. The van der Waals surface area contributed by atoms with Crippen LogP contribution in [-0.2, 0) is 24.3 Å². The van der Waals surface area contributed by atoms with Gasteiger partial charge in [0.1, 0.15) is 18.3 Å². The smallest absolute Gasteiger partial charge is 0.245 e. The van der Waals surface area contributed by atoms with E-state index < -0.39 is 0 Å². The first-order valence-electron chi connectivity index (χ1n) is 11.4. The fourth-order valence-electron chi connectivity index (χ4n) is 4.89. The Labute approximate surface area is 180 Å². The molecular weight excluding hydrogens is 394 g/mol. The highest BCUT2D eigenvalue weighted by atomic mass is 16.5. The number of fused-ring (bicyclic) bond motifs is 2. The molecule has 1 atom stereocenters. The molecular formula is C22H27N7O2. The molecule has 0 aromatic carbocycles. The minimum absolute atomic E-state index is 0.0556. The number of imidazole rings is 1. The number of carbonyl (C=O) groups excluding carboxylic acids is 1. The average Bonchev–Trinajstić information content (AvgIpc) is 3.22. The van der Waals surface area contributed by atoms with E-state index in [1.807, 2.05) is 11.1 Å². The van der Waals surface area contributed by atoms with E-state index in [9.17, 15) is 4.79 Å². The highest BCUT2D eigenvalue weighted by molar-refractivity contribution is 5.82. The van der Waals surface area contributed by atoms with Crippen LogP contribution in [0.3, 0.4) is 0 Å². The summed E-state index contributed by atoms with van der Waals surface area (Å²) in [6, 6.07) is 0. The Morgan fingerprint density at radius 2 is 2.10 bits per heavy atom. The second-order valence-electron chi connectivity index (χ2n) is 8.80. The molecule has 1 unspecified atom stereocenters. The topological polar surface area (TPSA) is 91.0 Å². The molecule has 0 spiro atoms. The predicted molar refractivity (Wildman–Crippen MR) is 113 cm³/mol. The van der Waals surface area contributed by atoms with Gasteiger partial charge in [-0.15, -0.1) is 0 Å². The Morgan fingerprint density at radius 1 is 1.19 bits per heavy atom. The number of aromatic nitrogens is 6. The first-order valence-corrected chi connectivity index (χ1v) is 11.4. The molecule has 31 heavy (non-hydrogen) atoms. The number of amides is 1. The zero-order valence-corrected chi connectivity index (χ0v) is 17.8. The van der Waals surface area contributed by atoms with Gasteiger partial charge in [0.2, 0.25) is 11.8 Å². The number of ether oxygens (including phenoxy) is 1. The molecule has 9 heteroatoms. The number of hydrogen-bond donors (Lipinski definition) is 0. The molecule has 3 aliphatic rings. The molecule has 1 amide bonds. The largest absolute Gasteiger partial charge is 0.471 e. The van der Waals surface area contributed by atoms with Crippen LogP contribution in [0.15, 0.2) is 12.5 Å². The number of aryl methyl sites for hydroxylation is 2. The normalized spacial score (nSPS) is 20.9. The molecule has 6 rings (SSSR count). The summed E-state index contributed by atoms with van der Waals surface area (Å²) < 4.78 is 10.5. The highest BCUT2D eigenvalue weighted by Gasteiger charge is 2.37. The zero-order valence-electron chi connectivity index (χ0n) is 17.8. The lowest BCUT2D eigenvalue weighted by atomic mass is 10.1. The molecule has 3 aromatic heterocycles.